The van der Waals surface area contributed by atoms with Gasteiger partial charge in [0.15, 0.2) is 6.29 Å². The third-order valence-electron chi connectivity index (χ3n) is 4.07. The van der Waals surface area contributed by atoms with Crippen LogP contribution in [0.25, 0.3) is 0 Å². The quantitative estimate of drug-likeness (QED) is 0.238. The van der Waals surface area contributed by atoms with Crippen molar-refractivity contribution in [1.82, 2.24) is 0 Å². The van der Waals surface area contributed by atoms with Crippen LogP contribution in [0.15, 0.2) is 0 Å². The molecule has 0 aliphatic carbocycles. The standard InChI is InChI=1S/C12H22O11/c13-1-4-6(16)8(18)9(19)11(21-4)23-12(3-15)10(20)7(17)5(2-14)22-12/h4-11,13-20H,1-3H2/t4?,5?,6?,7?,8?,9?,10?,11?,12-/m1/s1. The Morgan fingerprint density at radius 3 is 1.87 bits per heavy atom. The van der Waals surface area contributed by atoms with Gasteiger partial charge in [-0.1, -0.05) is 0 Å². The van der Waals surface area contributed by atoms with E-state index in [1.807, 2.05) is 0 Å². The molecule has 2 aliphatic heterocycles. The van der Waals surface area contributed by atoms with E-state index in [4.69, 9.17) is 24.4 Å². The van der Waals surface area contributed by atoms with Gasteiger partial charge in [-0.2, -0.15) is 0 Å². The lowest BCUT2D eigenvalue weighted by atomic mass is 9.99. The summed E-state index contributed by atoms with van der Waals surface area (Å²) >= 11 is 0. The van der Waals surface area contributed by atoms with Gasteiger partial charge >= 0.3 is 0 Å². The molecule has 2 saturated heterocycles. The fraction of sp³-hybridized carbons (Fsp3) is 1.00. The summed E-state index contributed by atoms with van der Waals surface area (Å²) in [5.74, 6) is -2.22. The molecule has 2 fully saturated rings. The van der Waals surface area contributed by atoms with Crippen molar-refractivity contribution in [1.29, 1.82) is 0 Å². The number of rotatable bonds is 5. The monoisotopic (exact) mass is 342 g/mol. The maximum absolute atomic E-state index is 10.00. The summed E-state index contributed by atoms with van der Waals surface area (Å²) in [6.45, 7) is -2.32. The second-order valence-corrected chi connectivity index (χ2v) is 5.56. The molecule has 2 heterocycles. The van der Waals surface area contributed by atoms with Crippen LogP contribution in [0.3, 0.4) is 0 Å². The lowest BCUT2D eigenvalue weighted by Crippen LogP contribution is -2.62. The summed E-state index contributed by atoms with van der Waals surface area (Å²) < 4.78 is 15.4. The Hall–Kier alpha value is -0.440. The van der Waals surface area contributed by atoms with Gasteiger partial charge in [0, 0.05) is 0 Å². The SMILES string of the molecule is OCC1OC(O[C@@]2(CO)OC(CO)C(O)C2O)C(O)C(O)C1O. The molecule has 8 unspecified atom stereocenters. The van der Waals surface area contributed by atoms with Gasteiger partial charge in [-0.05, 0) is 0 Å². The molecule has 11 nitrogen and oxygen atoms in total. The first-order chi connectivity index (χ1) is 10.8. The van der Waals surface area contributed by atoms with Crippen molar-refractivity contribution in [2.24, 2.45) is 0 Å². The zero-order chi connectivity index (χ0) is 17.4. The highest BCUT2D eigenvalue weighted by atomic mass is 16.8. The van der Waals surface area contributed by atoms with Crippen molar-refractivity contribution >= 4 is 0 Å². The predicted octanol–water partition coefficient (Wildman–Crippen LogP) is -5.40. The Labute approximate surface area is 130 Å². The minimum absolute atomic E-state index is 0.669. The molecule has 0 saturated carbocycles. The van der Waals surface area contributed by atoms with Crippen molar-refractivity contribution in [3.63, 3.8) is 0 Å². The van der Waals surface area contributed by atoms with Crippen LogP contribution in [-0.2, 0) is 14.2 Å². The number of hydrogen-bond acceptors (Lipinski definition) is 11. The third-order valence-corrected chi connectivity index (χ3v) is 4.07. The molecule has 0 aromatic carbocycles. The number of aliphatic hydroxyl groups is 8. The molecule has 0 spiro atoms. The number of aliphatic hydroxyl groups excluding tert-OH is 8. The average molecular weight is 342 g/mol. The summed E-state index contributed by atoms with van der Waals surface area (Å²) in [5, 5.41) is 76.7. The summed E-state index contributed by atoms with van der Waals surface area (Å²) in [7, 11) is 0. The largest absolute Gasteiger partial charge is 0.394 e. The zero-order valence-electron chi connectivity index (χ0n) is 12.0. The molecule has 0 aromatic rings. The van der Waals surface area contributed by atoms with Crippen LogP contribution in [0.2, 0.25) is 0 Å². The van der Waals surface area contributed by atoms with Crippen molar-refractivity contribution < 1.29 is 55.1 Å². The molecular formula is C12H22O11. The van der Waals surface area contributed by atoms with Crippen LogP contribution in [-0.4, -0.2) is 115 Å². The van der Waals surface area contributed by atoms with Gasteiger partial charge in [0.1, 0.15) is 49.3 Å². The molecule has 23 heavy (non-hydrogen) atoms. The molecule has 0 amide bonds. The average Bonchev–Trinajstić information content (AvgIpc) is 2.80. The minimum atomic E-state index is -2.22. The Balaban J connectivity index is 2.18. The number of hydrogen-bond donors (Lipinski definition) is 8. The highest BCUT2D eigenvalue weighted by molar-refractivity contribution is 4.98. The summed E-state index contributed by atoms with van der Waals surface area (Å²) in [6, 6.07) is 0. The van der Waals surface area contributed by atoms with Crippen LogP contribution in [0.1, 0.15) is 0 Å². The lowest BCUT2D eigenvalue weighted by Gasteiger charge is -2.43. The molecule has 2 rings (SSSR count). The maximum atomic E-state index is 10.00. The molecule has 0 bridgehead atoms. The molecule has 2 aliphatic rings. The van der Waals surface area contributed by atoms with Crippen molar-refractivity contribution in [2.45, 2.75) is 54.8 Å². The van der Waals surface area contributed by atoms with Gasteiger partial charge < -0.3 is 55.1 Å². The van der Waals surface area contributed by atoms with Crippen LogP contribution in [0, 0.1) is 0 Å². The van der Waals surface area contributed by atoms with E-state index in [0.29, 0.717) is 0 Å². The first-order valence-electron chi connectivity index (χ1n) is 7.05. The second-order valence-electron chi connectivity index (χ2n) is 5.56. The van der Waals surface area contributed by atoms with E-state index in [9.17, 15) is 30.6 Å². The maximum Gasteiger partial charge on any atom is 0.224 e. The first kappa shape index (κ1) is 18.9. The van der Waals surface area contributed by atoms with Crippen LogP contribution in [0.5, 0.6) is 0 Å². The minimum Gasteiger partial charge on any atom is -0.394 e. The molecule has 9 atom stereocenters. The summed E-state index contributed by atoms with van der Waals surface area (Å²) in [5.41, 5.74) is 0. The normalized spacial score (nSPS) is 51.1. The van der Waals surface area contributed by atoms with Gasteiger partial charge in [0.2, 0.25) is 5.79 Å². The van der Waals surface area contributed by atoms with Crippen LogP contribution >= 0.6 is 0 Å². The van der Waals surface area contributed by atoms with Crippen LogP contribution in [0.4, 0.5) is 0 Å². The Bertz CT molecular complexity index is 393. The van der Waals surface area contributed by atoms with Gasteiger partial charge in [-0.15, -0.1) is 0 Å². The first-order valence-corrected chi connectivity index (χ1v) is 7.05. The van der Waals surface area contributed by atoms with Crippen LogP contribution < -0.4 is 0 Å². The molecule has 0 aromatic heterocycles. The fourth-order valence-corrected chi connectivity index (χ4v) is 2.63. The summed E-state index contributed by atoms with van der Waals surface area (Å²) in [6.07, 6.45) is -12.7. The molecular weight excluding hydrogens is 320 g/mol. The molecule has 11 heteroatoms. The highest BCUT2D eigenvalue weighted by Gasteiger charge is 2.58. The smallest absolute Gasteiger partial charge is 0.224 e. The van der Waals surface area contributed by atoms with Gasteiger partial charge in [-0.25, -0.2) is 0 Å². The van der Waals surface area contributed by atoms with E-state index in [0.717, 1.165) is 0 Å². The molecule has 0 radical (unpaired) electrons. The Kier molecular flexibility index (Phi) is 5.92. The Morgan fingerprint density at radius 1 is 0.783 bits per heavy atom. The topological polar surface area (TPSA) is 190 Å². The van der Waals surface area contributed by atoms with Gasteiger partial charge in [0.05, 0.1) is 13.2 Å². The highest BCUT2D eigenvalue weighted by Crippen LogP contribution is 2.35. The molecule has 136 valence electrons. The fourth-order valence-electron chi connectivity index (χ4n) is 2.63. The second kappa shape index (κ2) is 7.21. The van der Waals surface area contributed by atoms with E-state index in [2.05, 4.69) is 0 Å². The van der Waals surface area contributed by atoms with E-state index >= 15 is 0 Å². The van der Waals surface area contributed by atoms with E-state index in [-0.39, 0.29) is 0 Å². The van der Waals surface area contributed by atoms with Crippen molar-refractivity contribution in [2.75, 3.05) is 19.8 Å². The van der Waals surface area contributed by atoms with Crippen molar-refractivity contribution in [3.05, 3.63) is 0 Å². The lowest BCUT2D eigenvalue weighted by molar-refractivity contribution is -0.383. The number of ether oxygens (including phenoxy) is 3. The van der Waals surface area contributed by atoms with E-state index in [1.165, 1.54) is 0 Å². The van der Waals surface area contributed by atoms with Crippen molar-refractivity contribution in [3.8, 4) is 0 Å². The Morgan fingerprint density at radius 2 is 1.39 bits per heavy atom. The summed E-state index contributed by atoms with van der Waals surface area (Å²) in [4.78, 5) is 0. The van der Waals surface area contributed by atoms with E-state index < -0.39 is 74.6 Å². The molecule has 8 N–H and O–H groups in total. The predicted molar refractivity (Wildman–Crippen MR) is 68.6 cm³/mol. The van der Waals surface area contributed by atoms with Gasteiger partial charge in [0.25, 0.3) is 0 Å². The van der Waals surface area contributed by atoms with Gasteiger partial charge in [-0.3, -0.25) is 0 Å². The van der Waals surface area contributed by atoms with E-state index in [1.54, 1.807) is 0 Å². The third kappa shape index (κ3) is 3.23. The zero-order valence-corrected chi connectivity index (χ0v) is 12.0.